The van der Waals surface area contributed by atoms with Crippen LogP contribution in [0.25, 0.3) is 0 Å². The van der Waals surface area contributed by atoms with Crippen LogP contribution in [-0.2, 0) is 6.54 Å². The van der Waals surface area contributed by atoms with E-state index in [1.54, 1.807) is 0 Å². The molecule has 0 spiro atoms. The van der Waals surface area contributed by atoms with Crippen LogP contribution in [0.3, 0.4) is 0 Å². The topological polar surface area (TPSA) is 41.1 Å². The molecule has 0 aromatic carbocycles. The molecule has 18 heavy (non-hydrogen) atoms. The second-order valence-electron chi connectivity index (χ2n) is 5.07. The van der Waals surface area contributed by atoms with Crippen LogP contribution in [0.2, 0.25) is 0 Å². The Morgan fingerprint density at radius 2 is 2.39 bits per heavy atom. The standard InChI is InChI=1S/C14H24N4/c1-3-9-18(14-5-4-7-15-10-14)11-13-6-8-16-12(2)17-13/h6,8,14-15H,3-5,7,9-11H2,1-2H3. The molecule has 0 amide bonds. The highest BCUT2D eigenvalue weighted by molar-refractivity contribution is 5.02. The lowest BCUT2D eigenvalue weighted by molar-refractivity contribution is 0.156. The van der Waals surface area contributed by atoms with Gasteiger partial charge in [-0.1, -0.05) is 6.92 Å². The third kappa shape index (κ3) is 3.75. The molecule has 1 unspecified atom stereocenters. The van der Waals surface area contributed by atoms with Gasteiger partial charge in [-0.2, -0.15) is 0 Å². The van der Waals surface area contributed by atoms with Gasteiger partial charge in [-0.05, 0) is 45.3 Å². The maximum atomic E-state index is 4.52. The van der Waals surface area contributed by atoms with Crippen LogP contribution in [0, 0.1) is 6.92 Å². The fraction of sp³-hybridized carbons (Fsp3) is 0.714. The summed E-state index contributed by atoms with van der Waals surface area (Å²) in [4.78, 5) is 11.2. The minimum Gasteiger partial charge on any atom is -0.315 e. The van der Waals surface area contributed by atoms with Crippen LogP contribution < -0.4 is 5.32 Å². The van der Waals surface area contributed by atoms with E-state index in [1.807, 2.05) is 19.2 Å². The van der Waals surface area contributed by atoms with E-state index in [4.69, 9.17) is 0 Å². The van der Waals surface area contributed by atoms with Gasteiger partial charge in [0, 0.05) is 25.3 Å². The second kappa shape index (κ2) is 6.81. The summed E-state index contributed by atoms with van der Waals surface area (Å²) >= 11 is 0. The number of nitrogens with one attached hydrogen (secondary N) is 1. The summed E-state index contributed by atoms with van der Waals surface area (Å²) in [5.41, 5.74) is 1.14. The highest BCUT2D eigenvalue weighted by atomic mass is 15.2. The minimum absolute atomic E-state index is 0.661. The zero-order chi connectivity index (χ0) is 12.8. The number of hydrogen-bond acceptors (Lipinski definition) is 4. The minimum atomic E-state index is 0.661. The molecule has 1 aliphatic rings. The molecule has 2 rings (SSSR count). The number of rotatable bonds is 5. The Morgan fingerprint density at radius 1 is 1.50 bits per heavy atom. The van der Waals surface area contributed by atoms with Gasteiger partial charge in [-0.15, -0.1) is 0 Å². The highest BCUT2D eigenvalue weighted by Gasteiger charge is 2.20. The average molecular weight is 248 g/mol. The molecule has 1 aromatic rings. The lowest BCUT2D eigenvalue weighted by Crippen LogP contribution is -2.46. The van der Waals surface area contributed by atoms with Gasteiger partial charge in [0.15, 0.2) is 0 Å². The lowest BCUT2D eigenvalue weighted by atomic mass is 10.1. The highest BCUT2D eigenvalue weighted by Crippen LogP contribution is 2.14. The van der Waals surface area contributed by atoms with Crippen LogP contribution in [0.4, 0.5) is 0 Å². The van der Waals surface area contributed by atoms with E-state index in [9.17, 15) is 0 Å². The van der Waals surface area contributed by atoms with Gasteiger partial charge in [0.1, 0.15) is 5.82 Å². The van der Waals surface area contributed by atoms with E-state index in [2.05, 4.69) is 27.1 Å². The van der Waals surface area contributed by atoms with E-state index in [0.717, 1.165) is 31.2 Å². The summed E-state index contributed by atoms with van der Waals surface area (Å²) in [5.74, 6) is 0.866. The van der Waals surface area contributed by atoms with Gasteiger partial charge < -0.3 is 5.32 Å². The van der Waals surface area contributed by atoms with Crippen LogP contribution in [0.1, 0.15) is 37.7 Å². The van der Waals surface area contributed by atoms with E-state index in [1.165, 1.54) is 25.8 Å². The second-order valence-corrected chi connectivity index (χ2v) is 5.07. The normalized spacial score (nSPS) is 20.3. The van der Waals surface area contributed by atoms with Gasteiger partial charge in [-0.25, -0.2) is 9.97 Å². The number of nitrogens with zero attached hydrogens (tertiary/aromatic N) is 3. The first kappa shape index (κ1) is 13.4. The number of aryl methyl sites for hydroxylation is 1. The Kier molecular flexibility index (Phi) is 5.08. The van der Waals surface area contributed by atoms with Crippen LogP contribution in [0.5, 0.6) is 0 Å². The number of piperidine rings is 1. The predicted octanol–water partition coefficient (Wildman–Crippen LogP) is 1.75. The smallest absolute Gasteiger partial charge is 0.125 e. The maximum absolute atomic E-state index is 4.52. The SMILES string of the molecule is CCCN(Cc1ccnc(C)n1)C1CCCNC1. The molecule has 4 nitrogen and oxygen atoms in total. The first-order valence-corrected chi connectivity index (χ1v) is 7.03. The molecule has 1 saturated heterocycles. The Labute approximate surface area is 110 Å². The van der Waals surface area contributed by atoms with E-state index in [-0.39, 0.29) is 0 Å². The van der Waals surface area contributed by atoms with Crippen LogP contribution >= 0.6 is 0 Å². The van der Waals surface area contributed by atoms with Gasteiger partial charge in [0.25, 0.3) is 0 Å². The van der Waals surface area contributed by atoms with Gasteiger partial charge in [0.05, 0.1) is 5.69 Å². The van der Waals surface area contributed by atoms with E-state index < -0.39 is 0 Å². The van der Waals surface area contributed by atoms with Gasteiger partial charge in [0.2, 0.25) is 0 Å². The Morgan fingerprint density at radius 3 is 3.06 bits per heavy atom. The van der Waals surface area contributed by atoms with Crippen molar-refractivity contribution in [2.45, 2.75) is 45.7 Å². The fourth-order valence-electron chi connectivity index (χ4n) is 2.62. The van der Waals surface area contributed by atoms with Crippen molar-refractivity contribution >= 4 is 0 Å². The van der Waals surface area contributed by atoms with Crippen LogP contribution in [0.15, 0.2) is 12.3 Å². The first-order chi connectivity index (χ1) is 8.79. The summed E-state index contributed by atoms with van der Waals surface area (Å²) < 4.78 is 0. The molecule has 1 atom stereocenters. The van der Waals surface area contributed by atoms with Gasteiger partial charge in [-0.3, -0.25) is 4.90 Å². The molecule has 1 fully saturated rings. The van der Waals surface area contributed by atoms with Crippen molar-refractivity contribution in [3.05, 3.63) is 23.8 Å². The third-order valence-electron chi connectivity index (χ3n) is 3.50. The molecule has 1 aliphatic heterocycles. The van der Waals surface area contributed by atoms with Crippen molar-refractivity contribution in [3.63, 3.8) is 0 Å². The predicted molar refractivity (Wildman–Crippen MR) is 73.4 cm³/mol. The molecule has 100 valence electrons. The summed E-state index contributed by atoms with van der Waals surface area (Å²) in [7, 11) is 0. The summed E-state index contributed by atoms with van der Waals surface area (Å²) in [5, 5.41) is 3.50. The van der Waals surface area contributed by atoms with Crippen LogP contribution in [-0.4, -0.2) is 40.5 Å². The third-order valence-corrected chi connectivity index (χ3v) is 3.50. The zero-order valence-electron chi connectivity index (χ0n) is 11.5. The molecule has 0 aliphatic carbocycles. The molecule has 1 aromatic heterocycles. The van der Waals surface area contributed by atoms with Crippen molar-refractivity contribution in [1.29, 1.82) is 0 Å². The number of aromatic nitrogens is 2. The van der Waals surface area contributed by atoms with Crippen molar-refractivity contribution in [2.24, 2.45) is 0 Å². The summed E-state index contributed by atoms with van der Waals surface area (Å²) in [6.07, 6.45) is 5.65. The quantitative estimate of drug-likeness (QED) is 0.862. The Balaban J connectivity index is 2.00. The molecule has 1 N–H and O–H groups in total. The molecule has 0 radical (unpaired) electrons. The molecular weight excluding hydrogens is 224 g/mol. The number of hydrogen-bond donors (Lipinski definition) is 1. The van der Waals surface area contributed by atoms with E-state index in [0.29, 0.717) is 6.04 Å². The van der Waals surface area contributed by atoms with Crippen molar-refractivity contribution in [3.8, 4) is 0 Å². The molecule has 2 heterocycles. The molecular formula is C14H24N4. The van der Waals surface area contributed by atoms with Crippen molar-refractivity contribution in [2.75, 3.05) is 19.6 Å². The Hall–Kier alpha value is -1.00. The average Bonchev–Trinajstić information content (AvgIpc) is 2.39. The summed E-state index contributed by atoms with van der Waals surface area (Å²) in [6.45, 7) is 8.58. The van der Waals surface area contributed by atoms with Crippen molar-refractivity contribution < 1.29 is 0 Å². The molecule has 4 heteroatoms. The largest absolute Gasteiger partial charge is 0.315 e. The lowest BCUT2D eigenvalue weighted by Gasteiger charge is -2.34. The Bertz CT molecular complexity index is 361. The molecule has 0 saturated carbocycles. The fourth-order valence-corrected chi connectivity index (χ4v) is 2.62. The first-order valence-electron chi connectivity index (χ1n) is 7.03. The zero-order valence-corrected chi connectivity index (χ0v) is 11.5. The monoisotopic (exact) mass is 248 g/mol. The maximum Gasteiger partial charge on any atom is 0.125 e. The van der Waals surface area contributed by atoms with E-state index >= 15 is 0 Å². The van der Waals surface area contributed by atoms with Crippen molar-refractivity contribution in [1.82, 2.24) is 20.2 Å². The summed E-state index contributed by atoms with van der Waals surface area (Å²) in [6, 6.07) is 2.69. The molecule has 0 bridgehead atoms. The van der Waals surface area contributed by atoms with Gasteiger partial charge >= 0.3 is 0 Å².